The van der Waals surface area contributed by atoms with Gasteiger partial charge >= 0.3 is 0 Å². The fourth-order valence-corrected chi connectivity index (χ4v) is 4.97. The van der Waals surface area contributed by atoms with Crippen LogP contribution in [0.25, 0.3) is 0 Å². The number of ketones is 1. The molecule has 2 aliphatic carbocycles. The van der Waals surface area contributed by atoms with E-state index in [-0.39, 0.29) is 22.3 Å². The van der Waals surface area contributed by atoms with Crippen molar-refractivity contribution in [2.75, 3.05) is 0 Å². The van der Waals surface area contributed by atoms with Crippen molar-refractivity contribution < 1.29 is 9.53 Å². The Labute approximate surface area is 107 Å². The van der Waals surface area contributed by atoms with Crippen LogP contribution in [0.3, 0.4) is 0 Å². The summed E-state index contributed by atoms with van der Waals surface area (Å²) >= 11 is 6.56. The lowest BCUT2D eigenvalue weighted by Gasteiger charge is -2.55. The van der Waals surface area contributed by atoms with Gasteiger partial charge in [-0.15, -0.1) is 11.6 Å². The molecule has 1 aliphatic heterocycles. The second-order valence-electron chi connectivity index (χ2n) is 6.09. The van der Waals surface area contributed by atoms with Crippen molar-refractivity contribution in [1.82, 2.24) is 0 Å². The van der Waals surface area contributed by atoms with Gasteiger partial charge in [-0.1, -0.05) is 20.4 Å². The monoisotopic (exact) mass is 254 g/mol. The summed E-state index contributed by atoms with van der Waals surface area (Å²) in [6.07, 6.45) is 3.41. The predicted octanol–water partition coefficient (Wildman–Crippen LogP) is 3.29. The van der Waals surface area contributed by atoms with Gasteiger partial charge in [0.05, 0.1) is 11.3 Å². The Hall–Kier alpha value is -0.500. The molecule has 0 unspecified atom stereocenters. The molecule has 1 saturated heterocycles. The maximum atomic E-state index is 12.2. The number of Topliss-reactive ketones (excluding diaryl/α,β-unsaturated/α-hetero) is 1. The number of carbonyl (C=O) groups excluding carboxylic acids is 1. The lowest BCUT2D eigenvalue weighted by molar-refractivity contribution is -0.147. The summed E-state index contributed by atoms with van der Waals surface area (Å²) < 4.78 is 6.09. The first-order valence-electron chi connectivity index (χ1n) is 6.48. The molecular formula is C14H19ClO2. The maximum absolute atomic E-state index is 12.2. The highest BCUT2D eigenvalue weighted by molar-refractivity contribution is 6.21. The van der Waals surface area contributed by atoms with E-state index in [1.54, 1.807) is 0 Å². The number of halogens is 1. The van der Waals surface area contributed by atoms with E-state index in [0.717, 1.165) is 19.3 Å². The van der Waals surface area contributed by atoms with E-state index >= 15 is 0 Å². The second-order valence-corrected chi connectivity index (χ2v) is 6.61. The molecule has 17 heavy (non-hydrogen) atoms. The zero-order valence-electron chi connectivity index (χ0n) is 10.5. The number of hydrogen-bond donors (Lipinski definition) is 0. The summed E-state index contributed by atoms with van der Waals surface area (Å²) in [6.45, 7) is 8.39. The Morgan fingerprint density at radius 2 is 2.18 bits per heavy atom. The second kappa shape index (κ2) is 3.28. The Bertz CT molecular complexity index is 405. The van der Waals surface area contributed by atoms with Crippen molar-refractivity contribution in [2.45, 2.75) is 50.5 Å². The minimum atomic E-state index is -0.345. The predicted molar refractivity (Wildman–Crippen MR) is 66.8 cm³/mol. The third-order valence-electron chi connectivity index (χ3n) is 5.59. The molecule has 0 aromatic rings. The van der Waals surface area contributed by atoms with Crippen LogP contribution in [0.15, 0.2) is 12.3 Å². The Balaban J connectivity index is 2.18. The van der Waals surface area contributed by atoms with Gasteiger partial charge in [0.1, 0.15) is 17.1 Å². The van der Waals surface area contributed by atoms with Crippen LogP contribution in [0.5, 0.6) is 0 Å². The van der Waals surface area contributed by atoms with Gasteiger partial charge in [-0.25, -0.2) is 0 Å². The highest BCUT2D eigenvalue weighted by atomic mass is 35.5. The van der Waals surface area contributed by atoms with Crippen LogP contribution in [0, 0.1) is 17.3 Å². The molecule has 0 aromatic heterocycles. The molecule has 0 spiro atoms. The summed E-state index contributed by atoms with van der Waals surface area (Å²) in [7, 11) is 0. The topological polar surface area (TPSA) is 26.3 Å². The van der Waals surface area contributed by atoms with E-state index in [2.05, 4.69) is 20.4 Å². The fraction of sp³-hybridized carbons (Fsp3) is 0.786. The molecular weight excluding hydrogens is 236 g/mol. The number of carbonyl (C=O) groups is 1. The van der Waals surface area contributed by atoms with Gasteiger partial charge < -0.3 is 4.74 Å². The SMILES string of the molecule is C=C1O[C@]23CCC(=O)[C@H]1[C@]2(C)[C@@H](C)CC[C@H]3Cl. The molecule has 2 nitrogen and oxygen atoms in total. The standard InChI is InChI=1S/C14H19ClO2/c1-8-4-5-11(15)14-7-6-10(16)12(9(2)17-14)13(8,14)3/h8,11-12H,2,4-7H2,1,3H3/t8-,11+,12-,13-,14-/m0/s1. The smallest absolute Gasteiger partial charge is 0.144 e. The van der Waals surface area contributed by atoms with E-state index in [0.29, 0.717) is 23.9 Å². The van der Waals surface area contributed by atoms with Gasteiger partial charge in [-0.3, -0.25) is 4.79 Å². The summed E-state index contributed by atoms with van der Waals surface area (Å²) in [5.74, 6) is 1.29. The highest BCUT2D eigenvalue weighted by Crippen LogP contribution is 2.66. The Kier molecular flexibility index (Phi) is 2.24. The Morgan fingerprint density at radius 1 is 1.47 bits per heavy atom. The molecule has 3 rings (SSSR count). The molecule has 1 heterocycles. The molecule has 2 bridgehead atoms. The van der Waals surface area contributed by atoms with Crippen LogP contribution < -0.4 is 0 Å². The third-order valence-corrected chi connectivity index (χ3v) is 6.17. The van der Waals surface area contributed by atoms with E-state index < -0.39 is 0 Å². The summed E-state index contributed by atoms with van der Waals surface area (Å²) in [5.41, 5.74) is -0.494. The summed E-state index contributed by atoms with van der Waals surface area (Å²) in [4.78, 5) is 12.2. The third kappa shape index (κ3) is 1.11. The first kappa shape index (κ1) is 11.6. The first-order valence-corrected chi connectivity index (χ1v) is 6.91. The molecule has 0 N–H and O–H groups in total. The van der Waals surface area contributed by atoms with Gasteiger partial charge in [-0.2, -0.15) is 0 Å². The van der Waals surface area contributed by atoms with Crippen molar-refractivity contribution in [2.24, 2.45) is 17.3 Å². The zero-order valence-corrected chi connectivity index (χ0v) is 11.2. The van der Waals surface area contributed by atoms with Gasteiger partial charge in [0, 0.05) is 11.8 Å². The van der Waals surface area contributed by atoms with Crippen LogP contribution >= 0.6 is 11.6 Å². The van der Waals surface area contributed by atoms with E-state index in [4.69, 9.17) is 16.3 Å². The molecule has 3 aliphatic rings. The minimum Gasteiger partial charge on any atom is -0.489 e. The Morgan fingerprint density at radius 3 is 2.88 bits per heavy atom. The van der Waals surface area contributed by atoms with Crippen LogP contribution in [0.4, 0.5) is 0 Å². The van der Waals surface area contributed by atoms with Gasteiger partial charge in [0.15, 0.2) is 0 Å². The van der Waals surface area contributed by atoms with Gasteiger partial charge in [0.25, 0.3) is 0 Å². The van der Waals surface area contributed by atoms with Crippen molar-refractivity contribution in [3.63, 3.8) is 0 Å². The first-order chi connectivity index (χ1) is 7.93. The van der Waals surface area contributed by atoms with E-state index in [9.17, 15) is 4.79 Å². The van der Waals surface area contributed by atoms with Crippen molar-refractivity contribution in [3.8, 4) is 0 Å². The average molecular weight is 255 g/mol. The molecule has 94 valence electrons. The summed E-state index contributed by atoms with van der Waals surface area (Å²) in [5, 5.41) is 0.0125. The molecule has 0 aromatic carbocycles. The quantitative estimate of drug-likeness (QED) is 0.620. The lowest BCUT2D eigenvalue weighted by Crippen LogP contribution is -2.61. The van der Waals surface area contributed by atoms with Crippen LogP contribution in [-0.4, -0.2) is 16.8 Å². The highest BCUT2D eigenvalue weighted by Gasteiger charge is 2.71. The number of rotatable bonds is 0. The number of ether oxygens (including phenoxy) is 1. The van der Waals surface area contributed by atoms with Crippen molar-refractivity contribution in [3.05, 3.63) is 12.3 Å². The average Bonchev–Trinajstić information content (AvgIpc) is 2.42. The van der Waals surface area contributed by atoms with Crippen LogP contribution in [-0.2, 0) is 9.53 Å². The largest absolute Gasteiger partial charge is 0.489 e. The molecule has 3 heteroatoms. The molecule has 0 amide bonds. The van der Waals surface area contributed by atoms with Crippen molar-refractivity contribution in [1.29, 1.82) is 0 Å². The molecule has 5 atom stereocenters. The number of alkyl halides is 1. The maximum Gasteiger partial charge on any atom is 0.144 e. The van der Waals surface area contributed by atoms with Crippen LogP contribution in [0.1, 0.15) is 39.5 Å². The van der Waals surface area contributed by atoms with Gasteiger partial charge in [0.2, 0.25) is 0 Å². The normalized spacial score (nSPS) is 53.2. The molecule has 2 saturated carbocycles. The van der Waals surface area contributed by atoms with Crippen LogP contribution in [0.2, 0.25) is 0 Å². The van der Waals surface area contributed by atoms with E-state index in [1.165, 1.54) is 0 Å². The number of hydrogen-bond acceptors (Lipinski definition) is 2. The van der Waals surface area contributed by atoms with Gasteiger partial charge in [-0.05, 0) is 25.2 Å². The minimum absolute atomic E-state index is 0.0125. The summed E-state index contributed by atoms with van der Waals surface area (Å²) in [6, 6.07) is 0. The number of allylic oxidation sites excluding steroid dienone is 1. The van der Waals surface area contributed by atoms with E-state index in [1.807, 2.05) is 0 Å². The van der Waals surface area contributed by atoms with Crippen molar-refractivity contribution >= 4 is 17.4 Å². The zero-order chi connectivity index (χ0) is 12.4. The fourth-order valence-electron chi connectivity index (χ4n) is 4.46. The molecule has 3 fully saturated rings. The lowest BCUT2D eigenvalue weighted by atomic mass is 9.50. The molecule has 0 radical (unpaired) electrons.